The lowest BCUT2D eigenvalue weighted by Crippen LogP contribution is -2.30. The van der Waals surface area contributed by atoms with Crippen LogP contribution in [-0.4, -0.2) is 28.4 Å². The summed E-state index contributed by atoms with van der Waals surface area (Å²) in [5.41, 5.74) is 0.800. The van der Waals surface area contributed by atoms with Crippen LogP contribution in [0.1, 0.15) is 22.8 Å². The van der Waals surface area contributed by atoms with Gasteiger partial charge in [0.25, 0.3) is 5.91 Å². The molecule has 2 rings (SSSR count). The van der Waals surface area contributed by atoms with Gasteiger partial charge in [0.05, 0.1) is 32.5 Å². The molecule has 0 aliphatic rings. The predicted octanol–water partition coefficient (Wildman–Crippen LogP) is 2.48. The maximum absolute atomic E-state index is 12.3. The lowest BCUT2D eigenvalue weighted by Gasteiger charge is -2.15. The molecule has 2 atom stereocenters. The topological polar surface area (TPSA) is 96.3 Å². The Bertz CT molecular complexity index is 873. The average Bonchev–Trinajstić information content (AvgIpc) is 2.61. The van der Waals surface area contributed by atoms with Gasteiger partial charge in [-0.1, -0.05) is 24.3 Å². The van der Waals surface area contributed by atoms with Crippen LogP contribution < -0.4 is 5.32 Å². The second kappa shape index (κ2) is 8.22. The summed E-state index contributed by atoms with van der Waals surface area (Å²) in [5, 5.41) is 11.6. The Morgan fingerprint density at radius 3 is 2.48 bits per heavy atom. The smallest absolute Gasteiger partial charge is 0.340 e. The van der Waals surface area contributed by atoms with Crippen molar-refractivity contribution in [3.8, 4) is 6.07 Å². The zero-order valence-corrected chi connectivity index (χ0v) is 14.5. The fourth-order valence-electron chi connectivity index (χ4n) is 2.09. The van der Waals surface area contributed by atoms with Crippen molar-refractivity contribution in [2.45, 2.75) is 17.9 Å². The molecule has 7 heteroatoms. The Labute approximate surface area is 147 Å². The molecule has 1 N–H and O–H groups in total. The predicted molar refractivity (Wildman–Crippen MR) is 93.4 cm³/mol. The molecule has 0 radical (unpaired) electrons. The molecule has 0 saturated heterocycles. The number of esters is 1. The van der Waals surface area contributed by atoms with Crippen molar-refractivity contribution in [3.05, 3.63) is 59.7 Å². The standard InChI is InChI=1S/C18H16N2O4S/c1-12(17(21)20-15-9-5-3-7-13(15)11-19)24-18(22)14-8-4-6-10-16(14)25(2)23/h3-10,12H,1-2H3,(H,20,21)/t12-,25-/m1/s1. The summed E-state index contributed by atoms with van der Waals surface area (Å²) in [6.45, 7) is 1.42. The van der Waals surface area contributed by atoms with Crippen molar-refractivity contribution in [2.75, 3.05) is 11.6 Å². The molecule has 25 heavy (non-hydrogen) atoms. The van der Waals surface area contributed by atoms with E-state index in [0.29, 0.717) is 16.1 Å². The number of ether oxygens (including phenoxy) is 1. The summed E-state index contributed by atoms with van der Waals surface area (Å²) < 4.78 is 16.9. The molecule has 0 saturated carbocycles. The minimum Gasteiger partial charge on any atom is -0.449 e. The van der Waals surface area contributed by atoms with E-state index in [1.807, 2.05) is 6.07 Å². The summed E-state index contributed by atoms with van der Waals surface area (Å²) in [6.07, 6.45) is 0.374. The molecule has 0 unspecified atom stereocenters. The van der Waals surface area contributed by atoms with Crippen LogP contribution in [0.4, 0.5) is 5.69 Å². The number of nitrogens with one attached hydrogen (secondary N) is 1. The molecule has 0 aliphatic heterocycles. The molecule has 0 aliphatic carbocycles. The van der Waals surface area contributed by atoms with Gasteiger partial charge >= 0.3 is 5.97 Å². The number of anilines is 1. The summed E-state index contributed by atoms with van der Waals surface area (Å²) in [4.78, 5) is 24.8. The first-order chi connectivity index (χ1) is 11.9. The zero-order valence-electron chi connectivity index (χ0n) is 13.7. The zero-order chi connectivity index (χ0) is 18.4. The van der Waals surface area contributed by atoms with Crippen molar-refractivity contribution in [1.29, 1.82) is 5.26 Å². The van der Waals surface area contributed by atoms with Gasteiger partial charge in [-0.05, 0) is 31.2 Å². The van der Waals surface area contributed by atoms with Crippen LogP contribution in [0.2, 0.25) is 0 Å². The number of carbonyl (C=O) groups excluding carboxylic acids is 2. The Morgan fingerprint density at radius 2 is 1.80 bits per heavy atom. The van der Waals surface area contributed by atoms with Gasteiger partial charge in [0.2, 0.25) is 0 Å². The maximum Gasteiger partial charge on any atom is 0.340 e. The van der Waals surface area contributed by atoms with Crippen LogP contribution in [0.25, 0.3) is 0 Å². The monoisotopic (exact) mass is 356 g/mol. The maximum atomic E-state index is 12.3. The van der Waals surface area contributed by atoms with Crippen LogP contribution in [0, 0.1) is 11.3 Å². The van der Waals surface area contributed by atoms with Crippen LogP contribution in [-0.2, 0) is 20.3 Å². The molecule has 6 nitrogen and oxygen atoms in total. The average molecular weight is 356 g/mol. The minimum atomic E-state index is -1.36. The summed E-state index contributed by atoms with van der Waals surface area (Å²) in [6, 6.07) is 14.8. The first kappa shape index (κ1) is 18.4. The largest absolute Gasteiger partial charge is 0.449 e. The Balaban J connectivity index is 2.10. The number of hydrogen-bond donors (Lipinski definition) is 1. The first-order valence-corrected chi connectivity index (χ1v) is 8.93. The second-order valence-corrected chi connectivity index (χ2v) is 6.49. The molecular formula is C18H16N2O4S. The molecule has 0 fully saturated rings. The summed E-state index contributed by atoms with van der Waals surface area (Å²) >= 11 is 0. The summed E-state index contributed by atoms with van der Waals surface area (Å²) in [5.74, 6) is -1.30. The van der Waals surface area contributed by atoms with Gasteiger partial charge in [0.1, 0.15) is 6.07 Å². The number of amides is 1. The molecule has 0 bridgehead atoms. The van der Waals surface area contributed by atoms with Crippen molar-refractivity contribution >= 4 is 28.4 Å². The van der Waals surface area contributed by atoms with E-state index in [4.69, 9.17) is 10.00 Å². The van der Waals surface area contributed by atoms with Crippen molar-refractivity contribution < 1.29 is 18.5 Å². The van der Waals surface area contributed by atoms with Gasteiger partial charge in [0.15, 0.2) is 6.10 Å². The highest BCUT2D eigenvalue weighted by molar-refractivity contribution is 7.84. The quantitative estimate of drug-likeness (QED) is 0.830. The molecule has 1 amide bonds. The molecule has 0 aromatic heterocycles. The molecule has 0 spiro atoms. The van der Waals surface area contributed by atoms with E-state index in [1.54, 1.807) is 42.5 Å². The van der Waals surface area contributed by atoms with E-state index in [1.165, 1.54) is 19.2 Å². The highest BCUT2D eigenvalue weighted by atomic mass is 32.2. The minimum absolute atomic E-state index is 0.153. The Hall–Kier alpha value is -2.98. The third kappa shape index (κ3) is 4.52. The molecular weight excluding hydrogens is 340 g/mol. The van der Waals surface area contributed by atoms with Gasteiger partial charge in [-0.15, -0.1) is 0 Å². The van der Waals surface area contributed by atoms with Gasteiger partial charge in [0, 0.05) is 6.26 Å². The number of benzene rings is 2. The van der Waals surface area contributed by atoms with Crippen molar-refractivity contribution in [3.63, 3.8) is 0 Å². The van der Waals surface area contributed by atoms with Crippen LogP contribution in [0.15, 0.2) is 53.4 Å². The molecule has 2 aromatic carbocycles. The molecule has 2 aromatic rings. The summed E-state index contributed by atoms with van der Waals surface area (Å²) in [7, 11) is -1.36. The van der Waals surface area contributed by atoms with Crippen molar-refractivity contribution in [1.82, 2.24) is 0 Å². The Kier molecular flexibility index (Phi) is 6.03. The molecule has 128 valence electrons. The number of hydrogen-bond acceptors (Lipinski definition) is 5. The van der Waals surface area contributed by atoms with Crippen LogP contribution in [0.3, 0.4) is 0 Å². The molecule has 0 heterocycles. The number of para-hydroxylation sites is 1. The van der Waals surface area contributed by atoms with Crippen molar-refractivity contribution in [2.24, 2.45) is 0 Å². The van der Waals surface area contributed by atoms with Crippen LogP contribution in [0.5, 0.6) is 0 Å². The van der Waals surface area contributed by atoms with Gasteiger partial charge < -0.3 is 10.1 Å². The Morgan fingerprint density at radius 1 is 1.16 bits per heavy atom. The number of carbonyl (C=O) groups is 2. The lowest BCUT2D eigenvalue weighted by atomic mass is 10.2. The third-order valence-electron chi connectivity index (χ3n) is 3.38. The third-order valence-corrected chi connectivity index (χ3v) is 4.35. The van der Waals surface area contributed by atoms with E-state index >= 15 is 0 Å². The fraction of sp³-hybridized carbons (Fsp3) is 0.167. The fourth-order valence-corrected chi connectivity index (χ4v) is 2.82. The van der Waals surface area contributed by atoms with E-state index in [2.05, 4.69) is 5.32 Å². The number of nitriles is 1. The van der Waals surface area contributed by atoms with E-state index in [0.717, 1.165) is 0 Å². The second-order valence-electron chi connectivity index (χ2n) is 5.14. The highest BCUT2D eigenvalue weighted by Crippen LogP contribution is 2.17. The van der Waals surface area contributed by atoms with Crippen LogP contribution >= 0.6 is 0 Å². The SMILES string of the molecule is C[C@@H](OC(=O)c1ccccc1[S@@](C)=O)C(=O)Nc1ccccc1C#N. The van der Waals surface area contributed by atoms with Gasteiger partial charge in [-0.25, -0.2) is 4.79 Å². The number of rotatable bonds is 5. The van der Waals surface area contributed by atoms with E-state index < -0.39 is 28.8 Å². The lowest BCUT2D eigenvalue weighted by molar-refractivity contribution is -0.123. The normalized spacial score (nSPS) is 12.5. The van der Waals surface area contributed by atoms with E-state index in [9.17, 15) is 13.8 Å². The van der Waals surface area contributed by atoms with Gasteiger partial charge in [-0.2, -0.15) is 5.26 Å². The number of nitrogens with zero attached hydrogens (tertiary/aromatic N) is 1. The first-order valence-electron chi connectivity index (χ1n) is 7.37. The highest BCUT2D eigenvalue weighted by Gasteiger charge is 2.22. The van der Waals surface area contributed by atoms with Gasteiger partial charge in [-0.3, -0.25) is 9.00 Å². The van der Waals surface area contributed by atoms with E-state index in [-0.39, 0.29) is 5.56 Å².